The number of ether oxygens (including phenoxy) is 2. The molecule has 0 aromatic heterocycles. The second-order valence-corrected chi connectivity index (χ2v) is 7.28. The van der Waals surface area contributed by atoms with Gasteiger partial charge in [-0.15, -0.1) is 0 Å². The van der Waals surface area contributed by atoms with Crippen LogP contribution in [0.15, 0.2) is 60.2 Å². The number of rotatable bonds is 6. The van der Waals surface area contributed by atoms with Crippen molar-refractivity contribution in [2.45, 2.75) is 6.92 Å². The molecule has 0 unspecified atom stereocenters. The zero-order valence-corrected chi connectivity index (χ0v) is 18.2. The monoisotopic (exact) mass is 498 g/mol. The van der Waals surface area contributed by atoms with Gasteiger partial charge in [-0.05, 0) is 64.7 Å². The zero-order valence-electron chi connectivity index (χ0n) is 16.0. The topological polar surface area (TPSA) is 71.3 Å². The first-order valence-electron chi connectivity index (χ1n) is 8.98. The molecule has 0 radical (unpaired) electrons. The molecule has 3 rings (SSSR count). The first kappa shape index (κ1) is 20.7. The SMILES string of the molecule is CCOc1cc(/C=C(\C#N)C(=O)Nc2cccc3ccccc23)cc(I)c1OC. The lowest BCUT2D eigenvalue weighted by molar-refractivity contribution is -0.112. The molecule has 1 amide bonds. The normalized spacial score (nSPS) is 11.0. The highest BCUT2D eigenvalue weighted by atomic mass is 127. The van der Waals surface area contributed by atoms with Gasteiger partial charge in [-0.3, -0.25) is 4.79 Å². The fourth-order valence-electron chi connectivity index (χ4n) is 2.97. The second-order valence-electron chi connectivity index (χ2n) is 6.12. The van der Waals surface area contributed by atoms with E-state index in [1.54, 1.807) is 19.3 Å². The van der Waals surface area contributed by atoms with E-state index < -0.39 is 5.91 Å². The van der Waals surface area contributed by atoms with E-state index in [0.717, 1.165) is 14.3 Å². The van der Waals surface area contributed by atoms with Gasteiger partial charge in [0.15, 0.2) is 11.5 Å². The van der Waals surface area contributed by atoms with Crippen molar-refractivity contribution < 1.29 is 14.3 Å². The number of methoxy groups -OCH3 is 1. The Morgan fingerprint density at radius 2 is 1.97 bits per heavy atom. The van der Waals surface area contributed by atoms with Crippen molar-refractivity contribution in [2.24, 2.45) is 0 Å². The summed E-state index contributed by atoms with van der Waals surface area (Å²) in [7, 11) is 1.58. The van der Waals surface area contributed by atoms with E-state index in [1.807, 2.05) is 61.5 Å². The minimum absolute atomic E-state index is 0.00125. The molecule has 3 aromatic carbocycles. The minimum atomic E-state index is -0.465. The van der Waals surface area contributed by atoms with Gasteiger partial charge >= 0.3 is 0 Å². The van der Waals surface area contributed by atoms with Crippen LogP contribution in [0.1, 0.15) is 12.5 Å². The van der Waals surface area contributed by atoms with E-state index in [0.29, 0.717) is 29.4 Å². The van der Waals surface area contributed by atoms with Crippen LogP contribution in [-0.4, -0.2) is 19.6 Å². The number of nitriles is 1. The Bertz CT molecular complexity index is 1130. The maximum atomic E-state index is 12.8. The molecule has 0 spiro atoms. The highest BCUT2D eigenvalue weighted by Crippen LogP contribution is 2.34. The van der Waals surface area contributed by atoms with E-state index in [-0.39, 0.29) is 5.57 Å². The third kappa shape index (κ3) is 4.69. The summed E-state index contributed by atoms with van der Waals surface area (Å²) >= 11 is 2.14. The third-order valence-electron chi connectivity index (χ3n) is 4.25. The molecular weight excluding hydrogens is 479 g/mol. The molecule has 0 heterocycles. The number of nitrogens with zero attached hydrogens (tertiary/aromatic N) is 1. The van der Waals surface area contributed by atoms with Crippen molar-refractivity contribution in [2.75, 3.05) is 19.0 Å². The average Bonchev–Trinajstić information content (AvgIpc) is 2.72. The number of amides is 1. The summed E-state index contributed by atoms with van der Waals surface area (Å²) in [5.74, 6) is 0.732. The molecule has 146 valence electrons. The molecule has 6 heteroatoms. The van der Waals surface area contributed by atoms with Crippen LogP contribution >= 0.6 is 22.6 Å². The van der Waals surface area contributed by atoms with Crippen molar-refractivity contribution >= 4 is 51.0 Å². The maximum absolute atomic E-state index is 12.8. The lowest BCUT2D eigenvalue weighted by Crippen LogP contribution is -2.13. The quantitative estimate of drug-likeness (QED) is 0.281. The Balaban J connectivity index is 1.94. The molecule has 1 N–H and O–H groups in total. The molecule has 0 aliphatic heterocycles. The molecule has 0 fully saturated rings. The predicted molar refractivity (Wildman–Crippen MR) is 123 cm³/mol. The van der Waals surface area contributed by atoms with E-state index in [4.69, 9.17) is 9.47 Å². The Morgan fingerprint density at radius 3 is 2.69 bits per heavy atom. The highest BCUT2D eigenvalue weighted by Gasteiger charge is 2.14. The number of hydrogen-bond donors (Lipinski definition) is 1. The first-order valence-corrected chi connectivity index (χ1v) is 10.1. The summed E-state index contributed by atoms with van der Waals surface area (Å²) in [4.78, 5) is 12.8. The number of carbonyl (C=O) groups excluding carboxylic acids is 1. The standard InChI is InChI=1S/C23H19IN2O3/c1-3-29-21-13-15(12-19(24)22(21)28-2)11-17(14-25)23(27)26-20-10-6-8-16-7-4-5-9-18(16)20/h4-13H,3H2,1-2H3,(H,26,27)/b17-11+. The van der Waals surface area contributed by atoms with Gasteiger partial charge in [0.25, 0.3) is 5.91 Å². The zero-order chi connectivity index (χ0) is 20.8. The minimum Gasteiger partial charge on any atom is -0.492 e. The fourth-order valence-corrected chi connectivity index (χ4v) is 3.82. The number of nitrogens with one attached hydrogen (secondary N) is 1. The molecule has 29 heavy (non-hydrogen) atoms. The lowest BCUT2D eigenvalue weighted by atomic mass is 10.1. The Hall–Kier alpha value is -3.05. The van der Waals surface area contributed by atoms with E-state index in [1.165, 1.54) is 0 Å². The first-order chi connectivity index (χ1) is 14.1. The van der Waals surface area contributed by atoms with Crippen LogP contribution in [0.5, 0.6) is 11.5 Å². The van der Waals surface area contributed by atoms with Crippen LogP contribution in [0.2, 0.25) is 0 Å². The van der Waals surface area contributed by atoms with Gasteiger partial charge in [-0.2, -0.15) is 5.26 Å². The summed E-state index contributed by atoms with van der Waals surface area (Å²) in [6.45, 7) is 2.36. The van der Waals surface area contributed by atoms with Crippen LogP contribution in [-0.2, 0) is 4.79 Å². The largest absolute Gasteiger partial charge is 0.492 e. The van der Waals surface area contributed by atoms with Crippen molar-refractivity contribution in [3.63, 3.8) is 0 Å². The number of hydrogen-bond acceptors (Lipinski definition) is 4. The molecule has 5 nitrogen and oxygen atoms in total. The van der Waals surface area contributed by atoms with Gasteiger partial charge in [0, 0.05) is 11.1 Å². The maximum Gasteiger partial charge on any atom is 0.266 e. The van der Waals surface area contributed by atoms with Gasteiger partial charge in [-0.25, -0.2) is 0 Å². The van der Waals surface area contributed by atoms with Crippen molar-refractivity contribution in [1.29, 1.82) is 5.26 Å². The van der Waals surface area contributed by atoms with Crippen LogP contribution < -0.4 is 14.8 Å². The number of anilines is 1. The number of halogens is 1. The van der Waals surface area contributed by atoms with Crippen LogP contribution in [0.3, 0.4) is 0 Å². The van der Waals surface area contributed by atoms with E-state index in [9.17, 15) is 10.1 Å². The molecule has 0 saturated heterocycles. The summed E-state index contributed by atoms with van der Waals surface area (Å²) in [5, 5.41) is 14.3. The Labute approximate surface area is 183 Å². The lowest BCUT2D eigenvalue weighted by Gasteiger charge is -2.12. The summed E-state index contributed by atoms with van der Waals surface area (Å²) in [6.07, 6.45) is 1.55. The number of benzene rings is 3. The molecule has 0 aliphatic carbocycles. The molecular formula is C23H19IN2O3. The predicted octanol–water partition coefficient (Wildman–Crippen LogP) is 5.40. The third-order valence-corrected chi connectivity index (χ3v) is 5.05. The number of fused-ring (bicyclic) bond motifs is 1. The van der Waals surface area contributed by atoms with Gasteiger partial charge in [0.2, 0.25) is 0 Å². The summed E-state index contributed by atoms with van der Waals surface area (Å²) in [6, 6.07) is 19.0. The smallest absolute Gasteiger partial charge is 0.266 e. The molecule has 0 bridgehead atoms. The van der Waals surface area contributed by atoms with E-state index >= 15 is 0 Å². The van der Waals surface area contributed by atoms with Crippen molar-refractivity contribution in [3.05, 3.63) is 69.3 Å². The van der Waals surface area contributed by atoms with E-state index in [2.05, 4.69) is 27.9 Å². The molecule has 0 saturated carbocycles. The van der Waals surface area contributed by atoms with Crippen LogP contribution in [0.25, 0.3) is 16.8 Å². The van der Waals surface area contributed by atoms with Gasteiger partial charge in [0.1, 0.15) is 11.6 Å². The van der Waals surface area contributed by atoms with Crippen LogP contribution in [0, 0.1) is 14.9 Å². The van der Waals surface area contributed by atoms with Crippen molar-refractivity contribution in [1.82, 2.24) is 0 Å². The molecule has 0 aliphatic rings. The molecule has 3 aromatic rings. The molecule has 0 atom stereocenters. The van der Waals surface area contributed by atoms with Gasteiger partial charge in [-0.1, -0.05) is 36.4 Å². The fraction of sp³-hybridized carbons (Fsp3) is 0.130. The average molecular weight is 498 g/mol. The van der Waals surface area contributed by atoms with Crippen LogP contribution in [0.4, 0.5) is 5.69 Å². The van der Waals surface area contributed by atoms with Crippen molar-refractivity contribution in [3.8, 4) is 17.6 Å². The summed E-state index contributed by atoms with van der Waals surface area (Å²) < 4.78 is 11.8. The van der Waals surface area contributed by atoms with Gasteiger partial charge < -0.3 is 14.8 Å². The van der Waals surface area contributed by atoms with Gasteiger partial charge in [0.05, 0.1) is 17.3 Å². The second kappa shape index (κ2) is 9.43. The Kier molecular flexibility index (Phi) is 6.73. The number of carbonyl (C=O) groups is 1. The Morgan fingerprint density at radius 1 is 1.21 bits per heavy atom. The summed E-state index contributed by atoms with van der Waals surface area (Å²) in [5.41, 5.74) is 1.35. The highest BCUT2D eigenvalue weighted by molar-refractivity contribution is 14.1.